The summed E-state index contributed by atoms with van der Waals surface area (Å²) in [5.74, 6) is -0.0839. The van der Waals surface area contributed by atoms with Gasteiger partial charge in [-0.3, -0.25) is 10.1 Å². The molecule has 1 aromatic carbocycles. The normalized spacial score (nSPS) is 22.7. The van der Waals surface area contributed by atoms with Crippen LogP contribution in [0.1, 0.15) is 44.6 Å². The maximum atomic E-state index is 14.0. The summed E-state index contributed by atoms with van der Waals surface area (Å²) in [6.07, 6.45) is 5.91. The first-order valence-electron chi connectivity index (χ1n) is 7.28. The van der Waals surface area contributed by atoms with E-state index < -0.39 is 16.4 Å². The molecule has 4 nitrogen and oxygen atoms in total. The average Bonchev–Trinajstić information content (AvgIpc) is 2.46. The molecule has 2 atom stereocenters. The number of nitro benzene ring substituents is 1. The second-order valence-corrected chi connectivity index (χ2v) is 5.45. The summed E-state index contributed by atoms with van der Waals surface area (Å²) in [4.78, 5) is 10.1. The quantitative estimate of drug-likeness (QED) is 0.659. The predicted octanol–water partition coefficient (Wildman–Crippen LogP) is 3.79. The molecule has 5 heteroatoms. The monoisotopic (exact) mass is 280 g/mol. The molecule has 0 bridgehead atoms. The van der Waals surface area contributed by atoms with Crippen molar-refractivity contribution in [1.29, 1.82) is 0 Å². The van der Waals surface area contributed by atoms with E-state index in [1.807, 2.05) is 0 Å². The zero-order valence-corrected chi connectivity index (χ0v) is 11.8. The maximum Gasteiger partial charge on any atom is 0.305 e. The van der Waals surface area contributed by atoms with Gasteiger partial charge in [0.15, 0.2) is 0 Å². The van der Waals surface area contributed by atoms with Gasteiger partial charge in [-0.1, -0.05) is 38.3 Å². The Morgan fingerprint density at radius 1 is 1.40 bits per heavy atom. The minimum Gasteiger partial charge on any atom is -0.310 e. The van der Waals surface area contributed by atoms with E-state index >= 15 is 0 Å². The highest BCUT2D eigenvalue weighted by atomic mass is 19.1. The van der Waals surface area contributed by atoms with Crippen molar-refractivity contribution in [2.45, 2.75) is 51.6 Å². The minimum atomic E-state index is -0.714. The first-order valence-corrected chi connectivity index (χ1v) is 7.28. The molecular weight excluding hydrogens is 259 g/mol. The molecule has 2 unspecified atom stereocenters. The molecule has 0 heterocycles. The van der Waals surface area contributed by atoms with E-state index in [-0.39, 0.29) is 0 Å². The van der Waals surface area contributed by atoms with Gasteiger partial charge in [-0.25, -0.2) is 0 Å². The van der Waals surface area contributed by atoms with Gasteiger partial charge in [0.05, 0.1) is 4.92 Å². The van der Waals surface area contributed by atoms with Crippen molar-refractivity contribution in [3.63, 3.8) is 0 Å². The zero-order valence-electron chi connectivity index (χ0n) is 11.8. The van der Waals surface area contributed by atoms with Crippen LogP contribution in [-0.2, 0) is 6.54 Å². The molecule has 20 heavy (non-hydrogen) atoms. The molecule has 1 fully saturated rings. The van der Waals surface area contributed by atoms with Crippen molar-refractivity contribution in [2.24, 2.45) is 5.92 Å². The predicted molar refractivity (Wildman–Crippen MR) is 75.9 cm³/mol. The highest BCUT2D eigenvalue weighted by Crippen LogP contribution is 2.27. The van der Waals surface area contributed by atoms with Gasteiger partial charge in [0.2, 0.25) is 5.82 Å². The Morgan fingerprint density at radius 3 is 2.85 bits per heavy atom. The van der Waals surface area contributed by atoms with Crippen LogP contribution in [-0.4, -0.2) is 11.0 Å². The van der Waals surface area contributed by atoms with E-state index in [0.717, 1.165) is 12.8 Å². The first kappa shape index (κ1) is 14.9. The van der Waals surface area contributed by atoms with Gasteiger partial charge in [0.1, 0.15) is 0 Å². The Bertz CT molecular complexity index is 479. The van der Waals surface area contributed by atoms with Crippen molar-refractivity contribution in [3.05, 3.63) is 39.7 Å². The van der Waals surface area contributed by atoms with Gasteiger partial charge in [0, 0.05) is 24.2 Å². The Labute approximate surface area is 118 Å². The molecule has 1 aliphatic rings. The lowest BCUT2D eigenvalue weighted by Crippen LogP contribution is -2.38. The lowest BCUT2D eigenvalue weighted by molar-refractivity contribution is -0.387. The average molecular weight is 280 g/mol. The van der Waals surface area contributed by atoms with Gasteiger partial charge >= 0.3 is 5.69 Å². The van der Waals surface area contributed by atoms with Gasteiger partial charge < -0.3 is 5.32 Å². The Hall–Kier alpha value is -1.49. The van der Waals surface area contributed by atoms with Crippen LogP contribution in [0.5, 0.6) is 0 Å². The third-order valence-corrected chi connectivity index (χ3v) is 4.24. The smallest absolute Gasteiger partial charge is 0.305 e. The number of halogens is 1. The van der Waals surface area contributed by atoms with Gasteiger partial charge in [0.25, 0.3) is 0 Å². The number of benzene rings is 1. The minimum absolute atomic E-state index is 0.356. The second-order valence-electron chi connectivity index (χ2n) is 5.45. The van der Waals surface area contributed by atoms with Crippen molar-refractivity contribution in [1.82, 2.24) is 5.32 Å². The van der Waals surface area contributed by atoms with E-state index in [4.69, 9.17) is 0 Å². The van der Waals surface area contributed by atoms with E-state index in [1.54, 1.807) is 6.07 Å². The van der Waals surface area contributed by atoms with Crippen LogP contribution in [0.4, 0.5) is 10.1 Å². The summed E-state index contributed by atoms with van der Waals surface area (Å²) < 4.78 is 14.0. The molecule has 0 aliphatic heterocycles. The molecule has 0 spiro atoms. The fraction of sp³-hybridized carbons (Fsp3) is 0.600. The van der Waals surface area contributed by atoms with E-state index in [2.05, 4.69) is 12.2 Å². The molecular formula is C15H21FN2O2. The summed E-state index contributed by atoms with van der Waals surface area (Å²) >= 11 is 0. The highest BCUT2D eigenvalue weighted by molar-refractivity contribution is 5.36. The van der Waals surface area contributed by atoms with E-state index in [9.17, 15) is 14.5 Å². The zero-order chi connectivity index (χ0) is 14.5. The lowest BCUT2D eigenvalue weighted by atomic mass is 9.83. The third kappa shape index (κ3) is 3.33. The van der Waals surface area contributed by atoms with E-state index in [1.165, 1.54) is 31.4 Å². The Balaban J connectivity index is 2.03. The molecule has 1 N–H and O–H groups in total. The largest absolute Gasteiger partial charge is 0.310 e. The Morgan fingerprint density at radius 2 is 2.15 bits per heavy atom. The molecule has 0 radical (unpaired) electrons. The summed E-state index contributed by atoms with van der Waals surface area (Å²) in [5.41, 5.74) is -0.0698. The SMILES string of the molecule is CCC1CCCCC1NCc1cccc([N+](=O)[O-])c1F. The summed E-state index contributed by atoms with van der Waals surface area (Å²) in [7, 11) is 0. The number of nitrogens with zero attached hydrogens (tertiary/aromatic N) is 1. The topological polar surface area (TPSA) is 55.2 Å². The molecule has 1 aliphatic carbocycles. The molecule has 1 aromatic rings. The van der Waals surface area contributed by atoms with Crippen LogP contribution in [0.15, 0.2) is 18.2 Å². The van der Waals surface area contributed by atoms with Crippen LogP contribution in [0.2, 0.25) is 0 Å². The summed E-state index contributed by atoms with van der Waals surface area (Å²) in [5, 5.41) is 14.1. The molecule has 0 saturated heterocycles. The van der Waals surface area contributed by atoms with Gasteiger partial charge in [-0.15, -0.1) is 0 Å². The molecule has 2 rings (SSSR count). The number of nitro groups is 1. The summed E-state index contributed by atoms with van der Waals surface area (Å²) in [6.45, 7) is 2.54. The van der Waals surface area contributed by atoms with Crippen LogP contribution in [0, 0.1) is 21.8 Å². The van der Waals surface area contributed by atoms with Crippen LogP contribution < -0.4 is 5.32 Å². The number of hydrogen-bond acceptors (Lipinski definition) is 3. The first-order chi connectivity index (χ1) is 9.63. The lowest BCUT2D eigenvalue weighted by Gasteiger charge is -2.31. The molecule has 0 amide bonds. The highest BCUT2D eigenvalue weighted by Gasteiger charge is 2.24. The summed E-state index contributed by atoms with van der Waals surface area (Å²) in [6, 6.07) is 4.75. The number of nitrogens with one attached hydrogen (secondary N) is 1. The fourth-order valence-corrected chi connectivity index (χ4v) is 3.05. The standard InChI is InChI=1S/C15H21FN2O2/c1-2-11-6-3-4-8-13(11)17-10-12-7-5-9-14(15(12)16)18(19)20/h5,7,9,11,13,17H,2-4,6,8,10H2,1H3. The molecule has 0 aromatic heterocycles. The number of hydrogen-bond donors (Lipinski definition) is 1. The maximum absolute atomic E-state index is 14.0. The molecule has 1 saturated carbocycles. The van der Waals surface area contributed by atoms with Crippen molar-refractivity contribution in [2.75, 3.05) is 0 Å². The van der Waals surface area contributed by atoms with Gasteiger partial charge in [-0.2, -0.15) is 4.39 Å². The molecule has 110 valence electrons. The van der Waals surface area contributed by atoms with Gasteiger partial charge in [-0.05, 0) is 18.8 Å². The Kier molecular flexibility index (Phi) is 5.06. The van der Waals surface area contributed by atoms with E-state index in [0.29, 0.717) is 24.1 Å². The number of rotatable bonds is 5. The third-order valence-electron chi connectivity index (χ3n) is 4.24. The van der Waals surface area contributed by atoms with Crippen molar-refractivity contribution >= 4 is 5.69 Å². The van der Waals surface area contributed by atoms with Crippen LogP contribution in [0.3, 0.4) is 0 Å². The van der Waals surface area contributed by atoms with Crippen molar-refractivity contribution in [3.8, 4) is 0 Å². The second kappa shape index (κ2) is 6.79. The fourth-order valence-electron chi connectivity index (χ4n) is 3.05. The van der Waals surface area contributed by atoms with Crippen molar-refractivity contribution < 1.29 is 9.31 Å². The van der Waals surface area contributed by atoms with Crippen LogP contribution in [0.25, 0.3) is 0 Å². The van der Waals surface area contributed by atoms with Crippen LogP contribution >= 0.6 is 0 Å².